The highest BCUT2D eigenvalue weighted by molar-refractivity contribution is 5.86. The summed E-state index contributed by atoms with van der Waals surface area (Å²) >= 11 is 0. The first-order valence-corrected chi connectivity index (χ1v) is 7.38. The monoisotopic (exact) mass is 347 g/mol. The maximum atomic E-state index is 13.0. The largest absolute Gasteiger partial charge is 0.480 e. The lowest BCUT2D eigenvalue weighted by Gasteiger charge is -2.20. The SMILES string of the molecule is CC(C)C[C@H](O)C(=O)N[C@@H](Cc1ccccc1C(F)(F)F)C(=O)O. The number of alkyl halides is 3. The van der Waals surface area contributed by atoms with Crippen LogP contribution in [0.1, 0.15) is 31.4 Å². The molecule has 1 aromatic carbocycles. The average molecular weight is 347 g/mol. The molecule has 5 nitrogen and oxygen atoms in total. The molecule has 0 aliphatic carbocycles. The Morgan fingerprint density at radius 1 is 1.21 bits per heavy atom. The molecule has 0 aliphatic rings. The smallest absolute Gasteiger partial charge is 0.416 e. The van der Waals surface area contributed by atoms with Crippen molar-refractivity contribution in [3.63, 3.8) is 0 Å². The van der Waals surface area contributed by atoms with Gasteiger partial charge in [-0.2, -0.15) is 13.2 Å². The highest BCUT2D eigenvalue weighted by Crippen LogP contribution is 2.32. The summed E-state index contributed by atoms with van der Waals surface area (Å²) in [6, 6.07) is 3.01. The topological polar surface area (TPSA) is 86.6 Å². The minimum absolute atomic E-state index is 0.0000153. The van der Waals surface area contributed by atoms with Crippen LogP contribution in [0.3, 0.4) is 0 Å². The number of carboxylic acid groups (broad SMARTS) is 1. The van der Waals surface area contributed by atoms with Crippen molar-refractivity contribution in [3.8, 4) is 0 Å². The molecule has 3 N–H and O–H groups in total. The predicted molar refractivity (Wildman–Crippen MR) is 80.2 cm³/mol. The highest BCUT2D eigenvalue weighted by atomic mass is 19.4. The minimum Gasteiger partial charge on any atom is -0.480 e. The van der Waals surface area contributed by atoms with Gasteiger partial charge in [-0.25, -0.2) is 4.79 Å². The van der Waals surface area contributed by atoms with E-state index in [-0.39, 0.29) is 17.9 Å². The van der Waals surface area contributed by atoms with Gasteiger partial charge in [-0.3, -0.25) is 4.79 Å². The maximum Gasteiger partial charge on any atom is 0.416 e. The van der Waals surface area contributed by atoms with Gasteiger partial charge in [0.2, 0.25) is 5.91 Å². The van der Waals surface area contributed by atoms with Crippen LogP contribution in [-0.2, 0) is 22.2 Å². The summed E-state index contributed by atoms with van der Waals surface area (Å²) in [7, 11) is 0. The minimum atomic E-state index is -4.62. The van der Waals surface area contributed by atoms with E-state index < -0.39 is 42.2 Å². The highest BCUT2D eigenvalue weighted by Gasteiger charge is 2.34. The molecule has 0 bridgehead atoms. The third-order valence-corrected chi connectivity index (χ3v) is 3.36. The second kappa shape index (κ2) is 8.14. The molecule has 0 aliphatic heterocycles. The number of benzene rings is 1. The fraction of sp³-hybridized carbons (Fsp3) is 0.500. The molecule has 0 spiro atoms. The van der Waals surface area contributed by atoms with Crippen LogP contribution in [0.2, 0.25) is 0 Å². The van der Waals surface area contributed by atoms with E-state index in [1.807, 2.05) is 0 Å². The number of amides is 1. The van der Waals surface area contributed by atoms with Gasteiger partial charge in [0.25, 0.3) is 0 Å². The molecule has 2 atom stereocenters. The lowest BCUT2D eigenvalue weighted by Crippen LogP contribution is -2.47. The summed E-state index contributed by atoms with van der Waals surface area (Å²) in [5.74, 6) is -2.39. The molecule has 0 saturated heterocycles. The lowest BCUT2D eigenvalue weighted by molar-refractivity contribution is -0.144. The first-order chi connectivity index (χ1) is 11.0. The van der Waals surface area contributed by atoms with E-state index in [0.29, 0.717) is 0 Å². The summed E-state index contributed by atoms with van der Waals surface area (Å²) in [6.45, 7) is 3.54. The number of rotatable bonds is 7. The van der Waals surface area contributed by atoms with Crippen molar-refractivity contribution in [2.24, 2.45) is 5.92 Å². The normalized spacial score (nSPS) is 14.3. The Kier molecular flexibility index (Phi) is 6.77. The molecule has 1 aromatic rings. The summed E-state index contributed by atoms with van der Waals surface area (Å²) in [5.41, 5.74) is -1.19. The van der Waals surface area contributed by atoms with Gasteiger partial charge < -0.3 is 15.5 Å². The zero-order chi connectivity index (χ0) is 18.5. The van der Waals surface area contributed by atoms with Crippen LogP contribution in [0, 0.1) is 5.92 Å². The molecular weight excluding hydrogens is 327 g/mol. The first-order valence-electron chi connectivity index (χ1n) is 7.38. The van der Waals surface area contributed by atoms with Crippen molar-refractivity contribution in [1.82, 2.24) is 5.32 Å². The van der Waals surface area contributed by atoms with Gasteiger partial charge in [0.1, 0.15) is 12.1 Å². The zero-order valence-electron chi connectivity index (χ0n) is 13.3. The standard InChI is InChI=1S/C16H20F3NO4/c1-9(2)7-13(21)14(22)20-12(15(23)24)8-10-5-3-4-6-11(10)16(17,18)19/h3-6,9,12-13,21H,7-8H2,1-2H3,(H,20,22)(H,23,24)/t12-,13-/m0/s1. The number of halogens is 3. The van der Waals surface area contributed by atoms with E-state index in [1.165, 1.54) is 12.1 Å². The van der Waals surface area contributed by atoms with Gasteiger partial charge in [0, 0.05) is 6.42 Å². The van der Waals surface area contributed by atoms with Gasteiger partial charge in [-0.05, 0) is 24.0 Å². The Balaban J connectivity index is 2.93. The molecule has 0 fully saturated rings. The van der Waals surface area contributed by atoms with Gasteiger partial charge in [-0.15, -0.1) is 0 Å². The van der Waals surface area contributed by atoms with Crippen molar-refractivity contribution in [3.05, 3.63) is 35.4 Å². The average Bonchev–Trinajstić information content (AvgIpc) is 2.45. The van der Waals surface area contributed by atoms with Gasteiger partial charge in [-0.1, -0.05) is 32.0 Å². The third kappa shape index (κ3) is 5.84. The molecule has 0 unspecified atom stereocenters. The predicted octanol–water partition coefficient (Wildman–Crippen LogP) is 2.22. The fourth-order valence-corrected chi connectivity index (χ4v) is 2.22. The number of carbonyl (C=O) groups excluding carboxylic acids is 1. The Morgan fingerprint density at radius 3 is 2.29 bits per heavy atom. The maximum absolute atomic E-state index is 13.0. The molecular formula is C16H20F3NO4. The number of aliphatic hydroxyl groups is 1. The number of hydrogen-bond acceptors (Lipinski definition) is 3. The first kappa shape index (κ1) is 20.0. The Morgan fingerprint density at radius 2 is 1.79 bits per heavy atom. The molecule has 24 heavy (non-hydrogen) atoms. The summed E-state index contributed by atoms with van der Waals surface area (Å²) in [4.78, 5) is 23.1. The van der Waals surface area contributed by atoms with Crippen LogP contribution >= 0.6 is 0 Å². The molecule has 134 valence electrons. The second-order valence-electron chi connectivity index (χ2n) is 5.90. The fourth-order valence-electron chi connectivity index (χ4n) is 2.22. The molecule has 8 heteroatoms. The Labute approximate surface area is 137 Å². The zero-order valence-corrected chi connectivity index (χ0v) is 13.3. The molecule has 0 heterocycles. The van der Waals surface area contributed by atoms with Gasteiger partial charge in [0.05, 0.1) is 5.56 Å². The van der Waals surface area contributed by atoms with Crippen molar-refractivity contribution < 1.29 is 33.0 Å². The van der Waals surface area contributed by atoms with E-state index in [0.717, 1.165) is 12.1 Å². The van der Waals surface area contributed by atoms with Crippen molar-refractivity contribution >= 4 is 11.9 Å². The van der Waals surface area contributed by atoms with Crippen LogP contribution in [-0.4, -0.2) is 34.2 Å². The van der Waals surface area contributed by atoms with Crippen molar-refractivity contribution in [2.45, 2.75) is 45.0 Å². The summed E-state index contributed by atoms with van der Waals surface area (Å²) in [5, 5.41) is 20.9. The Hall–Kier alpha value is -2.09. The van der Waals surface area contributed by atoms with E-state index in [4.69, 9.17) is 5.11 Å². The summed E-state index contributed by atoms with van der Waals surface area (Å²) < 4.78 is 38.9. The second-order valence-corrected chi connectivity index (χ2v) is 5.90. The number of aliphatic carboxylic acids is 1. The molecule has 1 amide bonds. The quantitative estimate of drug-likeness (QED) is 0.706. The van der Waals surface area contributed by atoms with Crippen LogP contribution < -0.4 is 5.32 Å². The number of hydrogen-bond donors (Lipinski definition) is 3. The third-order valence-electron chi connectivity index (χ3n) is 3.36. The van der Waals surface area contributed by atoms with Gasteiger partial charge in [0.15, 0.2) is 0 Å². The number of nitrogens with one attached hydrogen (secondary N) is 1. The van der Waals surface area contributed by atoms with Crippen LogP contribution in [0.4, 0.5) is 13.2 Å². The van der Waals surface area contributed by atoms with Crippen LogP contribution in [0.5, 0.6) is 0 Å². The van der Waals surface area contributed by atoms with E-state index >= 15 is 0 Å². The van der Waals surface area contributed by atoms with E-state index in [1.54, 1.807) is 13.8 Å². The molecule has 0 radical (unpaired) electrons. The van der Waals surface area contributed by atoms with Crippen molar-refractivity contribution in [2.75, 3.05) is 0 Å². The van der Waals surface area contributed by atoms with Gasteiger partial charge >= 0.3 is 12.1 Å². The van der Waals surface area contributed by atoms with Crippen molar-refractivity contribution in [1.29, 1.82) is 0 Å². The lowest BCUT2D eigenvalue weighted by atomic mass is 9.99. The van der Waals surface area contributed by atoms with E-state index in [9.17, 15) is 27.9 Å². The number of aliphatic hydroxyl groups excluding tert-OH is 1. The number of carboxylic acids is 1. The molecule has 0 aromatic heterocycles. The Bertz CT molecular complexity index is 587. The molecule has 1 rings (SSSR count). The van der Waals surface area contributed by atoms with Crippen LogP contribution in [0.25, 0.3) is 0 Å². The van der Waals surface area contributed by atoms with E-state index in [2.05, 4.69) is 5.32 Å². The summed E-state index contributed by atoms with van der Waals surface area (Å²) in [6.07, 6.45) is -6.45. The molecule has 0 saturated carbocycles. The number of carbonyl (C=O) groups is 2. The van der Waals surface area contributed by atoms with Crippen LogP contribution in [0.15, 0.2) is 24.3 Å².